The summed E-state index contributed by atoms with van der Waals surface area (Å²) in [4.78, 5) is 0. The summed E-state index contributed by atoms with van der Waals surface area (Å²) in [5.41, 5.74) is 1.14. The minimum absolute atomic E-state index is 0.192. The Hall–Kier alpha value is -1.10. The largest absolute Gasteiger partial charge is 0.494 e. The first-order chi connectivity index (χ1) is 9.19. The first kappa shape index (κ1) is 16.0. The minimum Gasteiger partial charge on any atom is -0.494 e. The molecule has 0 aliphatic rings. The summed E-state index contributed by atoms with van der Waals surface area (Å²) in [6.45, 7) is 5.87. The highest BCUT2D eigenvalue weighted by Crippen LogP contribution is 2.24. The lowest BCUT2D eigenvalue weighted by molar-refractivity contribution is 0.0590. The Bertz CT molecular complexity index is 357. The first-order valence-electron chi connectivity index (χ1n) is 6.81. The maximum atomic E-state index is 9.58. The number of aliphatic hydroxyl groups excluding tert-OH is 1. The molecule has 2 unspecified atom stereocenters. The molecule has 19 heavy (non-hydrogen) atoms. The predicted molar refractivity (Wildman–Crippen MR) is 76.5 cm³/mol. The zero-order chi connectivity index (χ0) is 14.1. The van der Waals surface area contributed by atoms with Gasteiger partial charge in [0.05, 0.1) is 19.3 Å². The van der Waals surface area contributed by atoms with Gasteiger partial charge in [0.2, 0.25) is 0 Å². The predicted octanol–water partition coefficient (Wildman–Crippen LogP) is 2.13. The lowest BCUT2D eigenvalue weighted by atomic mass is 10.1. The van der Waals surface area contributed by atoms with Gasteiger partial charge in [-0.2, -0.15) is 0 Å². The fourth-order valence-electron chi connectivity index (χ4n) is 1.98. The number of hydrogen-bond acceptors (Lipinski definition) is 4. The normalized spacial score (nSPS) is 14.1. The van der Waals surface area contributed by atoms with E-state index in [1.165, 1.54) is 0 Å². The molecule has 0 aromatic heterocycles. The van der Waals surface area contributed by atoms with Crippen molar-refractivity contribution in [1.29, 1.82) is 0 Å². The lowest BCUT2D eigenvalue weighted by Crippen LogP contribution is -2.25. The number of methoxy groups -OCH3 is 1. The maximum Gasteiger partial charge on any atom is 0.124 e. The summed E-state index contributed by atoms with van der Waals surface area (Å²) in [5.74, 6) is 0.919. The van der Waals surface area contributed by atoms with Gasteiger partial charge in [-0.25, -0.2) is 0 Å². The maximum absolute atomic E-state index is 9.58. The summed E-state index contributed by atoms with van der Waals surface area (Å²) in [6.07, 6.45) is 0.265. The summed E-state index contributed by atoms with van der Waals surface area (Å²) in [7, 11) is 1.59. The molecule has 0 aliphatic carbocycles. The summed E-state index contributed by atoms with van der Waals surface area (Å²) in [5, 5.41) is 13.0. The molecule has 1 aromatic carbocycles. The van der Waals surface area contributed by atoms with Crippen LogP contribution in [0.2, 0.25) is 0 Å². The highest BCUT2D eigenvalue weighted by atomic mass is 16.5. The monoisotopic (exact) mass is 267 g/mol. The van der Waals surface area contributed by atoms with Gasteiger partial charge in [-0.05, 0) is 32.9 Å². The smallest absolute Gasteiger partial charge is 0.124 e. The second kappa shape index (κ2) is 8.91. The highest BCUT2D eigenvalue weighted by Gasteiger charge is 2.11. The Balaban J connectivity index is 2.46. The number of rotatable bonds is 9. The third-order valence-electron chi connectivity index (χ3n) is 2.97. The van der Waals surface area contributed by atoms with Gasteiger partial charge in [0.25, 0.3) is 0 Å². The first-order valence-corrected chi connectivity index (χ1v) is 6.81. The van der Waals surface area contributed by atoms with Crippen molar-refractivity contribution in [3.8, 4) is 5.75 Å². The molecule has 108 valence electrons. The molecule has 0 saturated heterocycles. The van der Waals surface area contributed by atoms with Gasteiger partial charge in [0, 0.05) is 18.7 Å². The van der Waals surface area contributed by atoms with Gasteiger partial charge in [-0.3, -0.25) is 0 Å². The Morgan fingerprint density at radius 2 is 2.05 bits per heavy atom. The average molecular weight is 267 g/mol. The molecule has 0 aliphatic heterocycles. The van der Waals surface area contributed by atoms with Gasteiger partial charge in [-0.15, -0.1) is 0 Å². The van der Waals surface area contributed by atoms with Crippen LogP contribution in [0.5, 0.6) is 5.75 Å². The fraction of sp³-hybridized carbons (Fsp3) is 0.600. The molecule has 2 atom stereocenters. The van der Waals surface area contributed by atoms with E-state index in [0.717, 1.165) is 17.9 Å². The van der Waals surface area contributed by atoms with Crippen LogP contribution >= 0.6 is 0 Å². The van der Waals surface area contributed by atoms with Gasteiger partial charge >= 0.3 is 0 Å². The van der Waals surface area contributed by atoms with Crippen molar-refractivity contribution >= 4 is 0 Å². The van der Waals surface area contributed by atoms with Crippen molar-refractivity contribution in [3.05, 3.63) is 29.8 Å². The van der Waals surface area contributed by atoms with Crippen LogP contribution in [0.3, 0.4) is 0 Å². The zero-order valence-corrected chi connectivity index (χ0v) is 12.1. The number of hydrogen-bond donors (Lipinski definition) is 2. The quantitative estimate of drug-likeness (QED) is 0.719. The highest BCUT2D eigenvalue weighted by molar-refractivity contribution is 5.35. The molecule has 0 heterocycles. The average Bonchev–Trinajstić information content (AvgIpc) is 2.40. The van der Waals surface area contributed by atoms with E-state index < -0.39 is 6.10 Å². The van der Waals surface area contributed by atoms with Crippen LogP contribution in [0, 0.1) is 0 Å². The second-order valence-corrected chi connectivity index (χ2v) is 4.54. The van der Waals surface area contributed by atoms with E-state index in [1.807, 2.05) is 25.1 Å². The van der Waals surface area contributed by atoms with Gasteiger partial charge in [0.15, 0.2) is 0 Å². The van der Waals surface area contributed by atoms with E-state index >= 15 is 0 Å². The van der Waals surface area contributed by atoms with Crippen LogP contribution in [0.25, 0.3) is 0 Å². The van der Waals surface area contributed by atoms with Crippen LogP contribution in [0.1, 0.15) is 31.9 Å². The van der Waals surface area contributed by atoms with E-state index in [1.54, 1.807) is 7.11 Å². The summed E-state index contributed by atoms with van der Waals surface area (Å²) >= 11 is 0. The molecule has 4 heteroatoms. The molecule has 0 saturated carbocycles. The SMILES string of the molecule is CCOc1ccccc1C(C)NCCC(O)COC. The molecule has 0 fully saturated rings. The second-order valence-electron chi connectivity index (χ2n) is 4.54. The summed E-state index contributed by atoms with van der Waals surface area (Å²) < 4.78 is 10.5. The van der Waals surface area contributed by atoms with Crippen LogP contribution in [0.4, 0.5) is 0 Å². The van der Waals surface area contributed by atoms with Gasteiger partial charge in [0.1, 0.15) is 5.75 Å². The number of nitrogens with one attached hydrogen (secondary N) is 1. The van der Waals surface area contributed by atoms with Crippen molar-refractivity contribution in [2.45, 2.75) is 32.4 Å². The van der Waals surface area contributed by atoms with Crippen molar-refractivity contribution in [3.63, 3.8) is 0 Å². The molecule has 0 spiro atoms. The van der Waals surface area contributed by atoms with Crippen LogP contribution in [-0.4, -0.2) is 38.1 Å². The third-order valence-corrected chi connectivity index (χ3v) is 2.97. The molecule has 0 radical (unpaired) electrons. The van der Waals surface area contributed by atoms with Gasteiger partial charge < -0.3 is 19.9 Å². The van der Waals surface area contributed by atoms with Crippen molar-refractivity contribution in [2.24, 2.45) is 0 Å². The van der Waals surface area contributed by atoms with E-state index in [9.17, 15) is 5.11 Å². The Kier molecular flexibility index (Phi) is 7.48. The molecule has 1 rings (SSSR count). The summed E-state index contributed by atoms with van der Waals surface area (Å²) in [6, 6.07) is 8.22. The number of aliphatic hydroxyl groups is 1. The van der Waals surface area contributed by atoms with Crippen molar-refractivity contribution in [2.75, 3.05) is 26.9 Å². The molecule has 0 bridgehead atoms. The van der Waals surface area contributed by atoms with E-state index in [4.69, 9.17) is 9.47 Å². The third kappa shape index (κ3) is 5.59. The molecule has 4 nitrogen and oxygen atoms in total. The van der Waals surface area contributed by atoms with Crippen molar-refractivity contribution < 1.29 is 14.6 Å². The number of benzene rings is 1. The lowest BCUT2D eigenvalue weighted by Gasteiger charge is -2.18. The Morgan fingerprint density at radius 1 is 1.32 bits per heavy atom. The number of para-hydroxylation sites is 1. The van der Waals surface area contributed by atoms with Crippen LogP contribution in [0.15, 0.2) is 24.3 Å². The molecule has 2 N–H and O–H groups in total. The molecular weight excluding hydrogens is 242 g/mol. The van der Waals surface area contributed by atoms with Crippen molar-refractivity contribution in [1.82, 2.24) is 5.32 Å². The van der Waals surface area contributed by atoms with E-state index in [2.05, 4.69) is 18.3 Å². The topological polar surface area (TPSA) is 50.7 Å². The molecular formula is C15H25NO3. The van der Waals surface area contributed by atoms with E-state index in [-0.39, 0.29) is 6.04 Å². The van der Waals surface area contributed by atoms with Gasteiger partial charge in [-0.1, -0.05) is 18.2 Å². The molecule has 0 amide bonds. The zero-order valence-electron chi connectivity index (χ0n) is 12.1. The number of ether oxygens (including phenoxy) is 2. The fourth-order valence-corrected chi connectivity index (χ4v) is 1.98. The standard InChI is InChI=1S/C15H25NO3/c1-4-19-15-8-6-5-7-14(15)12(2)16-10-9-13(17)11-18-3/h5-8,12-13,16-17H,4,9-11H2,1-3H3. The van der Waals surface area contributed by atoms with Crippen LogP contribution < -0.4 is 10.1 Å². The Morgan fingerprint density at radius 3 is 2.74 bits per heavy atom. The molecule has 1 aromatic rings. The Labute approximate surface area is 115 Å². The van der Waals surface area contributed by atoms with Crippen LogP contribution in [-0.2, 0) is 4.74 Å². The minimum atomic E-state index is -0.410. The van der Waals surface area contributed by atoms with E-state index in [0.29, 0.717) is 19.6 Å².